The largest absolute Gasteiger partial charge is 0.493 e. The highest BCUT2D eigenvalue weighted by molar-refractivity contribution is 5.81. The van der Waals surface area contributed by atoms with Crippen molar-refractivity contribution in [3.63, 3.8) is 0 Å². The van der Waals surface area contributed by atoms with Crippen LogP contribution in [0.15, 0.2) is 12.1 Å². The first-order valence-electron chi connectivity index (χ1n) is 10.4. The lowest BCUT2D eigenvalue weighted by atomic mass is 9.96. The average molecular weight is 407 g/mol. The number of nitrogens with one attached hydrogen (secondary N) is 1. The summed E-state index contributed by atoms with van der Waals surface area (Å²) in [6, 6.07) is 3.74. The van der Waals surface area contributed by atoms with Gasteiger partial charge in [-0.2, -0.15) is 0 Å². The maximum absolute atomic E-state index is 12.7. The van der Waals surface area contributed by atoms with Gasteiger partial charge < -0.3 is 24.4 Å². The number of methoxy groups -OCH3 is 3. The van der Waals surface area contributed by atoms with E-state index in [2.05, 4.69) is 12.2 Å². The van der Waals surface area contributed by atoms with Crippen LogP contribution < -0.4 is 19.5 Å². The van der Waals surface area contributed by atoms with E-state index in [1.165, 1.54) is 0 Å². The summed E-state index contributed by atoms with van der Waals surface area (Å²) >= 11 is 0. The van der Waals surface area contributed by atoms with Gasteiger partial charge in [-0.1, -0.05) is 13.3 Å². The molecule has 2 amide bonds. The molecule has 0 radical (unpaired) electrons. The minimum atomic E-state index is -0.106. The standard InChI is InChI=1S/C22H34N2O5/c1-5-6-11-23-22(26)17-8-7-12-24(15-17)20(25)10-9-16-13-18(27-2)21(29-4)19(14-16)28-3/h13-14,17H,5-12,15H2,1-4H3,(H,23,26). The van der Waals surface area contributed by atoms with Crippen molar-refractivity contribution >= 4 is 11.8 Å². The molecular formula is C22H34N2O5. The van der Waals surface area contributed by atoms with Gasteiger partial charge in [0, 0.05) is 26.1 Å². The first-order valence-corrected chi connectivity index (χ1v) is 10.4. The molecule has 1 aliphatic rings. The molecule has 1 fully saturated rings. The Morgan fingerprint density at radius 1 is 1.14 bits per heavy atom. The molecule has 1 aromatic carbocycles. The summed E-state index contributed by atoms with van der Waals surface area (Å²) in [5.41, 5.74) is 0.943. The molecule has 0 saturated carbocycles. The van der Waals surface area contributed by atoms with Gasteiger partial charge in [-0.15, -0.1) is 0 Å². The summed E-state index contributed by atoms with van der Waals surface area (Å²) in [6.45, 7) is 4.03. The van der Waals surface area contributed by atoms with Crippen LogP contribution in [0.5, 0.6) is 17.2 Å². The van der Waals surface area contributed by atoms with Crippen LogP contribution in [0, 0.1) is 5.92 Å². The summed E-state index contributed by atoms with van der Waals surface area (Å²) < 4.78 is 16.1. The number of amides is 2. The van der Waals surface area contributed by atoms with Crippen molar-refractivity contribution < 1.29 is 23.8 Å². The summed E-state index contributed by atoms with van der Waals surface area (Å²) in [5.74, 6) is 1.74. The quantitative estimate of drug-likeness (QED) is 0.605. The zero-order valence-electron chi connectivity index (χ0n) is 18.1. The molecule has 0 spiro atoms. The molecule has 162 valence electrons. The number of carbonyl (C=O) groups is 2. The van der Waals surface area contributed by atoms with Crippen LogP contribution in [0.4, 0.5) is 0 Å². The van der Waals surface area contributed by atoms with E-state index in [1.54, 1.807) is 21.3 Å². The number of hydrogen-bond donors (Lipinski definition) is 1. The Morgan fingerprint density at radius 3 is 2.41 bits per heavy atom. The highest BCUT2D eigenvalue weighted by Crippen LogP contribution is 2.38. The second-order valence-corrected chi connectivity index (χ2v) is 7.36. The third-order valence-electron chi connectivity index (χ3n) is 5.33. The van der Waals surface area contributed by atoms with Crippen LogP contribution in [-0.2, 0) is 16.0 Å². The van der Waals surface area contributed by atoms with Crippen LogP contribution in [0.1, 0.15) is 44.6 Å². The summed E-state index contributed by atoms with van der Waals surface area (Å²) in [4.78, 5) is 26.9. The molecule has 1 N–H and O–H groups in total. The highest BCUT2D eigenvalue weighted by Gasteiger charge is 2.28. The number of carbonyl (C=O) groups excluding carboxylic acids is 2. The van der Waals surface area contributed by atoms with Gasteiger partial charge in [-0.3, -0.25) is 9.59 Å². The van der Waals surface area contributed by atoms with E-state index < -0.39 is 0 Å². The first-order chi connectivity index (χ1) is 14.0. The second-order valence-electron chi connectivity index (χ2n) is 7.36. The van der Waals surface area contributed by atoms with Crippen molar-refractivity contribution in [3.05, 3.63) is 17.7 Å². The van der Waals surface area contributed by atoms with E-state index in [0.717, 1.165) is 31.2 Å². The summed E-state index contributed by atoms with van der Waals surface area (Å²) in [6.07, 6.45) is 4.69. The number of piperidine rings is 1. The van der Waals surface area contributed by atoms with E-state index >= 15 is 0 Å². The van der Waals surface area contributed by atoms with E-state index in [1.807, 2.05) is 17.0 Å². The Hall–Kier alpha value is -2.44. The summed E-state index contributed by atoms with van der Waals surface area (Å²) in [7, 11) is 4.71. The Balaban J connectivity index is 1.94. The average Bonchev–Trinajstić information content (AvgIpc) is 2.76. The molecule has 1 aromatic rings. The molecule has 7 heteroatoms. The monoisotopic (exact) mass is 406 g/mol. The van der Waals surface area contributed by atoms with Gasteiger partial charge in [-0.05, 0) is 43.4 Å². The molecule has 0 aromatic heterocycles. The van der Waals surface area contributed by atoms with Crippen molar-refractivity contribution in [1.29, 1.82) is 0 Å². The van der Waals surface area contributed by atoms with Crippen LogP contribution >= 0.6 is 0 Å². The van der Waals surface area contributed by atoms with Crippen LogP contribution in [0.25, 0.3) is 0 Å². The van der Waals surface area contributed by atoms with Crippen LogP contribution in [0.3, 0.4) is 0 Å². The van der Waals surface area contributed by atoms with E-state index in [4.69, 9.17) is 14.2 Å². The summed E-state index contributed by atoms with van der Waals surface area (Å²) in [5, 5.41) is 2.99. The molecule has 1 heterocycles. The molecule has 0 aliphatic carbocycles. The lowest BCUT2D eigenvalue weighted by Gasteiger charge is -2.32. The van der Waals surface area contributed by atoms with Gasteiger partial charge in [0.15, 0.2) is 11.5 Å². The van der Waals surface area contributed by atoms with Crippen molar-refractivity contribution in [1.82, 2.24) is 10.2 Å². The zero-order valence-corrected chi connectivity index (χ0v) is 18.1. The van der Waals surface area contributed by atoms with Gasteiger partial charge in [0.1, 0.15) is 0 Å². The van der Waals surface area contributed by atoms with E-state index in [0.29, 0.717) is 49.7 Å². The topological polar surface area (TPSA) is 77.1 Å². The number of nitrogens with zero attached hydrogens (tertiary/aromatic N) is 1. The predicted molar refractivity (Wildman–Crippen MR) is 112 cm³/mol. The second kappa shape index (κ2) is 11.5. The van der Waals surface area contributed by atoms with Crippen LogP contribution in [-0.4, -0.2) is 57.7 Å². The maximum atomic E-state index is 12.7. The molecule has 1 unspecified atom stereocenters. The number of benzene rings is 1. The molecule has 1 saturated heterocycles. The third-order valence-corrected chi connectivity index (χ3v) is 5.33. The number of aryl methyl sites for hydroxylation is 1. The number of rotatable bonds is 10. The Bertz CT molecular complexity index is 667. The Labute approximate surface area is 173 Å². The molecule has 7 nitrogen and oxygen atoms in total. The first kappa shape index (κ1) is 22.8. The van der Waals surface area contributed by atoms with Gasteiger partial charge in [0.2, 0.25) is 17.6 Å². The SMILES string of the molecule is CCCCNC(=O)C1CCCN(C(=O)CCc2cc(OC)c(OC)c(OC)c2)C1. The molecule has 2 rings (SSSR count). The maximum Gasteiger partial charge on any atom is 0.224 e. The normalized spacial score (nSPS) is 16.3. The minimum absolute atomic E-state index is 0.0700. The predicted octanol–water partition coefficient (Wildman–Crippen LogP) is 2.80. The van der Waals surface area contributed by atoms with Gasteiger partial charge in [0.25, 0.3) is 0 Å². The van der Waals surface area contributed by atoms with Crippen molar-refractivity contribution in [2.45, 2.75) is 45.4 Å². The van der Waals surface area contributed by atoms with Crippen LogP contribution in [0.2, 0.25) is 0 Å². The van der Waals surface area contributed by atoms with Gasteiger partial charge in [-0.25, -0.2) is 0 Å². The van der Waals surface area contributed by atoms with Gasteiger partial charge in [0.05, 0.1) is 27.2 Å². The number of likely N-dealkylation sites (tertiary alicyclic amines) is 1. The number of hydrogen-bond acceptors (Lipinski definition) is 5. The smallest absolute Gasteiger partial charge is 0.224 e. The van der Waals surface area contributed by atoms with Crippen molar-refractivity contribution in [2.75, 3.05) is 41.0 Å². The molecule has 29 heavy (non-hydrogen) atoms. The molecule has 1 atom stereocenters. The zero-order chi connectivity index (χ0) is 21.2. The minimum Gasteiger partial charge on any atom is -0.493 e. The molecule has 0 bridgehead atoms. The van der Waals surface area contributed by atoms with Crippen molar-refractivity contribution in [2.24, 2.45) is 5.92 Å². The number of ether oxygens (including phenoxy) is 3. The van der Waals surface area contributed by atoms with E-state index in [-0.39, 0.29) is 17.7 Å². The Kier molecular flexibility index (Phi) is 9.09. The lowest BCUT2D eigenvalue weighted by Crippen LogP contribution is -2.45. The Morgan fingerprint density at radius 2 is 1.83 bits per heavy atom. The van der Waals surface area contributed by atoms with Gasteiger partial charge >= 0.3 is 0 Å². The fourth-order valence-corrected chi connectivity index (χ4v) is 3.64. The van der Waals surface area contributed by atoms with E-state index in [9.17, 15) is 9.59 Å². The molecule has 1 aliphatic heterocycles. The highest BCUT2D eigenvalue weighted by atomic mass is 16.5. The number of unbranched alkanes of at least 4 members (excludes halogenated alkanes) is 1. The lowest BCUT2D eigenvalue weighted by molar-refractivity contribution is -0.135. The van der Waals surface area contributed by atoms with Crippen molar-refractivity contribution in [3.8, 4) is 17.2 Å². The fourth-order valence-electron chi connectivity index (χ4n) is 3.64. The fraction of sp³-hybridized carbons (Fsp3) is 0.636. The molecular weight excluding hydrogens is 372 g/mol. The third kappa shape index (κ3) is 6.27.